The van der Waals surface area contributed by atoms with E-state index in [0.29, 0.717) is 0 Å². The van der Waals surface area contributed by atoms with E-state index in [9.17, 15) is 23.9 Å². The lowest BCUT2D eigenvalue weighted by atomic mass is 10.1. The zero-order chi connectivity index (χ0) is 18.7. The molecule has 3 N–H and O–H groups in total. The molecule has 0 aliphatic rings. The van der Waals surface area contributed by atoms with Gasteiger partial charge in [-0.25, -0.2) is 14.2 Å². The molecule has 2 aromatic heterocycles. The van der Waals surface area contributed by atoms with Gasteiger partial charge in [0.15, 0.2) is 5.52 Å². The van der Waals surface area contributed by atoms with Gasteiger partial charge >= 0.3 is 5.69 Å². The van der Waals surface area contributed by atoms with Gasteiger partial charge in [0.1, 0.15) is 17.1 Å². The fourth-order valence-corrected chi connectivity index (χ4v) is 1.97. The van der Waals surface area contributed by atoms with Gasteiger partial charge < -0.3 is 10.1 Å². The number of allylic oxidation sites excluding steroid dienone is 4. The molecule has 0 atom stereocenters. The van der Waals surface area contributed by atoms with Crippen molar-refractivity contribution < 1.29 is 9.50 Å². The number of nitrogens with zero attached hydrogens (tertiary/aromatic N) is 2. The van der Waals surface area contributed by atoms with E-state index in [1.807, 2.05) is 0 Å². The van der Waals surface area contributed by atoms with Crippen LogP contribution in [0.3, 0.4) is 0 Å². The number of aryl methyl sites for hydroxylation is 1. The van der Waals surface area contributed by atoms with Crippen molar-refractivity contribution in [3.8, 4) is 0 Å². The van der Waals surface area contributed by atoms with Crippen LogP contribution >= 0.6 is 0 Å². The molecule has 8 nitrogen and oxygen atoms in total. The van der Waals surface area contributed by atoms with Gasteiger partial charge in [0.05, 0.1) is 5.83 Å². The Morgan fingerprint density at radius 1 is 1.24 bits per heavy atom. The highest BCUT2D eigenvalue weighted by Crippen LogP contribution is 2.12. The van der Waals surface area contributed by atoms with Gasteiger partial charge in [-0.1, -0.05) is 12.7 Å². The van der Waals surface area contributed by atoms with Crippen LogP contribution in [0.5, 0.6) is 0 Å². The van der Waals surface area contributed by atoms with E-state index in [0.717, 1.165) is 16.7 Å². The minimum absolute atomic E-state index is 0.0501. The predicted molar refractivity (Wildman–Crippen MR) is 92.0 cm³/mol. The Bertz CT molecular complexity index is 1110. The Labute approximate surface area is 140 Å². The van der Waals surface area contributed by atoms with Crippen molar-refractivity contribution >= 4 is 17.2 Å². The minimum Gasteiger partial charge on any atom is -0.507 e. The van der Waals surface area contributed by atoms with Crippen LogP contribution in [-0.2, 0) is 7.05 Å². The van der Waals surface area contributed by atoms with Gasteiger partial charge in [-0.3, -0.25) is 19.1 Å². The van der Waals surface area contributed by atoms with Crippen molar-refractivity contribution in [1.29, 1.82) is 0 Å². The lowest BCUT2D eigenvalue weighted by molar-refractivity contribution is 0.431. The van der Waals surface area contributed by atoms with E-state index in [1.165, 1.54) is 26.1 Å². The zero-order valence-corrected chi connectivity index (χ0v) is 13.5. The number of aliphatic hydroxyl groups is 1. The standard InChI is InChI=1S/C16H15FN4O4/c1-4-9(6-5-8(2)17)11(22)7-10-14(23)19-13-12(18-10)15(24)20-16(25)21(13)3/h4-7,22H,1H2,2-3H3,(H,19,23)(H,20,24,25)/b8-5+,9-6+,11-7-. The summed E-state index contributed by atoms with van der Waals surface area (Å²) in [5.41, 5.74) is -2.55. The Morgan fingerprint density at radius 2 is 1.92 bits per heavy atom. The van der Waals surface area contributed by atoms with Crippen LogP contribution in [0.15, 0.2) is 56.3 Å². The summed E-state index contributed by atoms with van der Waals surface area (Å²) >= 11 is 0. The molecule has 0 radical (unpaired) electrons. The summed E-state index contributed by atoms with van der Waals surface area (Å²) in [6, 6.07) is 0. The van der Waals surface area contributed by atoms with Crippen LogP contribution in [-0.4, -0.2) is 24.6 Å². The number of rotatable bonds is 4. The number of aliphatic hydroxyl groups excluding tert-OH is 1. The highest BCUT2D eigenvalue weighted by molar-refractivity contribution is 5.70. The SMILES string of the molecule is C=CC(=C\C=C(/C)F)/C(O)=C/c1nc2c(=O)[nH]c(=O)n(C)c2[nH]c1=O. The normalized spacial score (nSPS) is 13.3. The minimum atomic E-state index is -0.779. The number of hydrogen-bond donors (Lipinski definition) is 3. The summed E-state index contributed by atoms with van der Waals surface area (Å²) in [4.78, 5) is 43.8. The molecule has 0 aliphatic carbocycles. The fourth-order valence-electron chi connectivity index (χ4n) is 1.97. The quantitative estimate of drug-likeness (QED) is 0.567. The largest absolute Gasteiger partial charge is 0.507 e. The lowest BCUT2D eigenvalue weighted by Crippen LogP contribution is -2.31. The van der Waals surface area contributed by atoms with Gasteiger partial charge in [0.2, 0.25) is 0 Å². The molecule has 2 rings (SSSR count). The molecule has 0 spiro atoms. The zero-order valence-electron chi connectivity index (χ0n) is 13.5. The summed E-state index contributed by atoms with van der Waals surface area (Å²) < 4.78 is 13.8. The maximum atomic E-state index is 12.8. The molecule has 2 aromatic rings. The molecule has 0 aliphatic heterocycles. The van der Waals surface area contributed by atoms with Crippen molar-refractivity contribution in [3.63, 3.8) is 0 Å². The van der Waals surface area contributed by atoms with Crippen molar-refractivity contribution in [3.05, 3.63) is 78.9 Å². The van der Waals surface area contributed by atoms with Gasteiger partial charge in [-0.15, -0.1) is 0 Å². The average Bonchev–Trinajstić information content (AvgIpc) is 2.54. The van der Waals surface area contributed by atoms with Crippen LogP contribution in [0.4, 0.5) is 4.39 Å². The lowest BCUT2D eigenvalue weighted by Gasteiger charge is -2.04. The molecule has 0 bridgehead atoms. The van der Waals surface area contributed by atoms with Crippen molar-refractivity contribution in [2.75, 3.05) is 0 Å². The van der Waals surface area contributed by atoms with E-state index < -0.39 is 28.4 Å². The first-order chi connectivity index (χ1) is 11.7. The molecule has 0 aromatic carbocycles. The molecule has 0 saturated carbocycles. The highest BCUT2D eigenvalue weighted by Gasteiger charge is 2.11. The number of hydrogen-bond acceptors (Lipinski definition) is 5. The topological polar surface area (TPSA) is 121 Å². The van der Waals surface area contributed by atoms with E-state index >= 15 is 0 Å². The molecule has 130 valence electrons. The van der Waals surface area contributed by atoms with Crippen LogP contribution < -0.4 is 16.8 Å². The number of nitrogens with one attached hydrogen (secondary N) is 2. The molecular formula is C16H15FN4O4. The fraction of sp³-hybridized carbons (Fsp3) is 0.125. The summed E-state index contributed by atoms with van der Waals surface area (Å²) in [6.07, 6.45) is 4.65. The van der Waals surface area contributed by atoms with Crippen molar-refractivity contribution in [2.45, 2.75) is 6.92 Å². The van der Waals surface area contributed by atoms with Gasteiger partial charge in [-0.05, 0) is 19.1 Å². The van der Waals surface area contributed by atoms with Crippen LogP contribution in [0.2, 0.25) is 0 Å². The van der Waals surface area contributed by atoms with Crippen LogP contribution in [0, 0.1) is 0 Å². The molecular weight excluding hydrogens is 331 g/mol. The summed E-state index contributed by atoms with van der Waals surface area (Å²) in [5.74, 6) is -0.882. The first kappa shape index (κ1) is 17.9. The monoisotopic (exact) mass is 346 g/mol. The second-order valence-corrected chi connectivity index (χ2v) is 5.08. The van der Waals surface area contributed by atoms with E-state index in [1.54, 1.807) is 0 Å². The first-order valence-corrected chi connectivity index (χ1v) is 7.05. The molecule has 0 fully saturated rings. The third-order valence-electron chi connectivity index (χ3n) is 3.28. The third-order valence-corrected chi connectivity index (χ3v) is 3.28. The molecule has 0 unspecified atom stereocenters. The summed E-state index contributed by atoms with van der Waals surface area (Å²) in [7, 11) is 1.36. The Morgan fingerprint density at radius 3 is 2.52 bits per heavy atom. The highest BCUT2D eigenvalue weighted by atomic mass is 19.1. The van der Waals surface area contributed by atoms with Crippen LogP contribution in [0.25, 0.3) is 17.2 Å². The van der Waals surface area contributed by atoms with E-state index in [4.69, 9.17) is 0 Å². The third kappa shape index (κ3) is 3.71. The molecule has 9 heteroatoms. The summed E-state index contributed by atoms with van der Waals surface area (Å²) in [6.45, 7) is 4.72. The smallest absolute Gasteiger partial charge is 0.329 e. The van der Waals surface area contributed by atoms with Crippen LogP contribution in [0.1, 0.15) is 12.6 Å². The molecule has 0 saturated heterocycles. The predicted octanol–water partition coefficient (Wildman–Crippen LogP) is 1.19. The van der Waals surface area contributed by atoms with Gasteiger partial charge in [0.25, 0.3) is 11.1 Å². The van der Waals surface area contributed by atoms with Gasteiger partial charge in [-0.2, -0.15) is 0 Å². The number of aromatic nitrogens is 4. The molecule has 0 amide bonds. The molecule has 2 heterocycles. The first-order valence-electron chi connectivity index (χ1n) is 7.05. The Kier molecular flexibility index (Phi) is 4.97. The van der Waals surface area contributed by atoms with E-state index in [2.05, 4.69) is 21.5 Å². The van der Waals surface area contributed by atoms with Gasteiger partial charge in [0, 0.05) is 18.7 Å². The Hall–Kier alpha value is -3.49. The number of fused-ring (bicyclic) bond motifs is 1. The molecule has 25 heavy (non-hydrogen) atoms. The summed E-state index contributed by atoms with van der Waals surface area (Å²) in [5, 5.41) is 10.1. The number of halogens is 1. The second-order valence-electron chi connectivity index (χ2n) is 5.08. The van der Waals surface area contributed by atoms with Crippen molar-refractivity contribution in [2.24, 2.45) is 7.05 Å². The average molecular weight is 346 g/mol. The van der Waals surface area contributed by atoms with E-state index in [-0.39, 0.29) is 22.4 Å². The van der Waals surface area contributed by atoms with Crippen molar-refractivity contribution in [1.82, 2.24) is 19.5 Å². The number of H-pyrrole nitrogens is 2. The Balaban J connectivity index is 2.68. The maximum absolute atomic E-state index is 12.8. The number of aromatic amines is 2. The second kappa shape index (κ2) is 6.95. The maximum Gasteiger partial charge on any atom is 0.329 e.